The van der Waals surface area contributed by atoms with Gasteiger partial charge in [-0.15, -0.1) is 0 Å². The molecule has 1 fully saturated rings. The van der Waals surface area contributed by atoms with Crippen LogP contribution in [0.25, 0.3) is 0 Å². The van der Waals surface area contributed by atoms with Gasteiger partial charge in [0.15, 0.2) is 11.2 Å². The Bertz CT molecular complexity index is 968. The van der Waals surface area contributed by atoms with Gasteiger partial charge in [-0.25, -0.2) is 18.9 Å². The lowest BCUT2D eigenvalue weighted by atomic mass is 9.87. The molecular formula is C21H27N2O9PS. The maximum absolute atomic E-state index is 12.8. The van der Waals surface area contributed by atoms with Crippen LogP contribution >= 0.6 is 19.6 Å². The van der Waals surface area contributed by atoms with Crippen LogP contribution in [-0.4, -0.2) is 60.9 Å². The van der Waals surface area contributed by atoms with Crippen molar-refractivity contribution >= 4 is 48.7 Å². The monoisotopic (exact) mass is 514 g/mol. The molecular weight excluding hydrogens is 487 g/mol. The Balaban J connectivity index is 1.85. The van der Waals surface area contributed by atoms with E-state index in [1.165, 1.54) is 6.92 Å². The molecule has 2 amide bonds. The molecule has 34 heavy (non-hydrogen) atoms. The summed E-state index contributed by atoms with van der Waals surface area (Å²) < 4.78 is 33.2. The largest absolute Gasteiger partial charge is 0.478 e. The second-order valence-corrected chi connectivity index (χ2v) is 10.7. The van der Waals surface area contributed by atoms with Gasteiger partial charge >= 0.3 is 13.8 Å². The first-order chi connectivity index (χ1) is 16.0. The molecule has 0 aromatic heterocycles. The second kappa shape index (κ2) is 12.9. The lowest BCUT2D eigenvalue weighted by Gasteiger charge is -2.38. The van der Waals surface area contributed by atoms with Crippen molar-refractivity contribution in [2.24, 2.45) is 10.4 Å². The number of rotatable bonds is 10. The maximum atomic E-state index is 12.8. The van der Waals surface area contributed by atoms with E-state index >= 15 is 0 Å². The molecule has 13 heteroatoms. The Kier molecular flexibility index (Phi) is 10.6. The highest BCUT2D eigenvalue weighted by Crippen LogP contribution is 2.57. The SMILES string of the molecule is CC(=O)SCCNC(=O)CC=NC(=O)[C@@H]1OP(=O)(OCOC(=O)c2ccccc2)OCC1(C)C. The molecule has 1 N–H and O–H groups in total. The fourth-order valence-electron chi connectivity index (χ4n) is 2.62. The molecule has 2 atom stereocenters. The van der Waals surface area contributed by atoms with E-state index in [0.717, 1.165) is 18.0 Å². The summed E-state index contributed by atoms with van der Waals surface area (Å²) in [5, 5.41) is 2.55. The molecule has 0 bridgehead atoms. The number of phosphoric ester groups is 1. The van der Waals surface area contributed by atoms with Gasteiger partial charge in [-0.2, -0.15) is 0 Å². The number of nitrogens with zero attached hydrogens (tertiary/aromatic N) is 1. The summed E-state index contributed by atoms with van der Waals surface area (Å²) in [6, 6.07) is 8.13. The zero-order valence-electron chi connectivity index (χ0n) is 19.1. The van der Waals surface area contributed by atoms with Crippen LogP contribution in [-0.2, 0) is 37.3 Å². The Morgan fingerprint density at radius 1 is 1.26 bits per heavy atom. The smallest absolute Gasteiger partial charge is 0.434 e. The molecule has 0 spiro atoms. The predicted octanol–water partition coefficient (Wildman–Crippen LogP) is 2.75. The minimum atomic E-state index is -4.21. The highest BCUT2D eigenvalue weighted by molar-refractivity contribution is 8.13. The summed E-state index contributed by atoms with van der Waals surface area (Å²) in [5.74, 6) is -1.39. The van der Waals surface area contributed by atoms with Crippen LogP contribution in [0, 0.1) is 5.41 Å². The van der Waals surface area contributed by atoms with Gasteiger partial charge in [0.2, 0.25) is 12.7 Å². The van der Waals surface area contributed by atoms with Gasteiger partial charge in [-0.1, -0.05) is 43.8 Å². The van der Waals surface area contributed by atoms with Crippen molar-refractivity contribution in [3.63, 3.8) is 0 Å². The Hall–Kier alpha value is -2.37. The number of phosphoric acid groups is 1. The normalized spacial score (nSPS) is 21.7. The van der Waals surface area contributed by atoms with Gasteiger partial charge in [0.1, 0.15) is 0 Å². The Labute approximate surface area is 201 Å². The number of carbonyl (C=O) groups is 4. The van der Waals surface area contributed by atoms with Crippen LogP contribution in [0.3, 0.4) is 0 Å². The van der Waals surface area contributed by atoms with Crippen LogP contribution in [0.2, 0.25) is 0 Å². The van der Waals surface area contributed by atoms with Crippen LogP contribution < -0.4 is 5.32 Å². The third-order valence-electron chi connectivity index (χ3n) is 4.40. The number of benzene rings is 1. The van der Waals surface area contributed by atoms with Crippen molar-refractivity contribution in [1.29, 1.82) is 0 Å². The van der Waals surface area contributed by atoms with Crippen molar-refractivity contribution in [1.82, 2.24) is 5.32 Å². The van der Waals surface area contributed by atoms with Gasteiger partial charge < -0.3 is 10.1 Å². The molecule has 1 aliphatic rings. The van der Waals surface area contributed by atoms with Crippen molar-refractivity contribution in [2.45, 2.75) is 33.3 Å². The summed E-state index contributed by atoms with van der Waals surface area (Å²) in [4.78, 5) is 50.9. The van der Waals surface area contributed by atoms with Crippen molar-refractivity contribution in [3.8, 4) is 0 Å². The Morgan fingerprint density at radius 2 is 1.97 bits per heavy atom. The number of esters is 1. The van der Waals surface area contributed by atoms with E-state index in [1.807, 2.05) is 0 Å². The summed E-state index contributed by atoms with van der Waals surface area (Å²) >= 11 is 1.09. The van der Waals surface area contributed by atoms with Crippen molar-refractivity contribution < 1.29 is 42.1 Å². The first-order valence-electron chi connectivity index (χ1n) is 10.3. The zero-order chi connectivity index (χ0) is 25.2. The summed E-state index contributed by atoms with van der Waals surface area (Å²) in [5.41, 5.74) is -0.612. The number of amides is 2. The van der Waals surface area contributed by atoms with E-state index in [-0.39, 0.29) is 29.6 Å². The molecule has 1 aliphatic heterocycles. The third-order valence-corrected chi connectivity index (χ3v) is 6.55. The predicted molar refractivity (Wildman–Crippen MR) is 124 cm³/mol. The third kappa shape index (κ3) is 9.11. The van der Waals surface area contributed by atoms with E-state index in [4.69, 9.17) is 18.3 Å². The highest BCUT2D eigenvalue weighted by Gasteiger charge is 2.49. The number of carbonyl (C=O) groups excluding carboxylic acids is 4. The lowest BCUT2D eigenvalue weighted by Crippen LogP contribution is -2.44. The van der Waals surface area contributed by atoms with Gasteiger partial charge in [-0.3, -0.25) is 23.4 Å². The van der Waals surface area contributed by atoms with E-state index in [1.54, 1.807) is 44.2 Å². The molecule has 1 saturated heterocycles. The average molecular weight is 514 g/mol. The van der Waals surface area contributed by atoms with E-state index in [2.05, 4.69) is 10.3 Å². The fourth-order valence-corrected chi connectivity index (χ4v) is 4.61. The molecule has 2 rings (SSSR count). The summed E-state index contributed by atoms with van der Waals surface area (Å²) in [7, 11) is -4.21. The standard InChI is InChI=1S/C21H27N2O9PS/c1-15(24)34-12-11-22-17(25)9-10-23-19(26)18-21(2,3)13-30-33(28,32-18)31-14-29-20(27)16-7-5-4-6-8-16/h4-8,10,18H,9,11-14H2,1-3H3,(H,22,25)/t18-,33?/m0/s1. The van der Waals surface area contributed by atoms with Crippen LogP contribution in [0.1, 0.15) is 37.6 Å². The van der Waals surface area contributed by atoms with E-state index in [9.17, 15) is 23.7 Å². The van der Waals surface area contributed by atoms with Gasteiger partial charge in [-0.05, 0) is 12.1 Å². The van der Waals surface area contributed by atoms with E-state index in [0.29, 0.717) is 12.3 Å². The average Bonchev–Trinajstić information content (AvgIpc) is 2.79. The number of hydrogen-bond acceptors (Lipinski definition) is 10. The summed E-state index contributed by atoms with van der Waals surface area (Å²) in [6.07, 6.45) is -0.315. The minimum Gasteiger partial charge on any atom is -0.434 e. The molecule has 1 aromatic rings. The fraction of sp³-hybridized carbons (Fsp3) is 0.476. The number of ether oxygens (including phenoxy) is 1. The molecule has 0 aliphatic carbocycles. The number of aliphatic imine (C=N–C) groups is 1. The quantitative estimate of drug-likeness (QED) is 0.162. The number of nitrogens with one attached hydrogen (secondary N) is 1. The van der Waals surface area contributed by atoms with Gasteiger partial charge in [0, 0.05) is 30.9 Å². The van der Waals surface area contributed by atoms with Crippen LogP contribution in [0.15, 0.2) is 35.3 Å². The molecule has 1 heterocycles. The molecule has 11 nitrogen and oxygen atoms in total. The number of thioether (sulfide) groups is 1. The first-order valence-corrected chi connectivity index (χ1v) is 12.7. The van der Waals surface area contributed by atoms with Crippen molar-refractivity contribution in [3.05, 3.63) is 35.9 Å². The van der Waals surface area contributed by atoms with E-state index < -0.39 is 38.0 Å². The molecule has 0 saturated carbocycles. The van der Waals surface area contributed by atoms with Crippen LogP contribution in [0.4, 0.5) is 0 Å². The molecule has 1 aromatic carbocycles. The minimum absolute atomic E-state index is 0.0453. The highest BCUT2D eigenvalue weighted by atomic mass is 32.2. The lowest BCUT2D eigenvalue weighted by molar-refractivity contribution is -0.139. The topological polar surface area (TPSA) is 147 Å². The molecule has 186 valence electrons. The summed E-state index contributed by atoms with van der Waals surface area (Å²) in [6.45, 7) is 4.20. The molecule has 1 unspecified atom stereocenters. The van der Waals surface area contributed by atoms with Crippen LogP contribution in [0.5, 0.6) is 0 Å². The Morgan fingerprint density at radius 3 is 2.65 bits per heavy atom. The number of hydrogen-bond donors (Lipinski definition) is 1. The zero-order valence-corrected chi connectivity index (χ0v) is 20.8. The van der Waals surface area contributed by atoms with Gasteiger partial charge in [0.05, 0.1) is 18.6 Å². The van der Waals surface area contributed by atoms with Crippen molar-refractivity contribution in [2.75, 3.05) is 25.7 Å². The maximum Gasteiger partial charge on any atom is 0.478 e. The van der Waals surface area contributed by atoms with Gasteiger partial charge in [0.25, 0.3) is 5.91 Å². The second-order valence-electron chi connectivity index (χ2n) is 7.78. The first kappa shape index (κ1) is 27.9. The molecule has 0 radical (unpaired) electrons.